The van der Waals surface area contributed by atoms with Gasteiger partial charge in [0.15, 0.2) is 0 Å². The lowest BCUT2D eigenvalue weighted by molar-refractivity contribution is -0.131. The van der Waals surface area contributed by atoms with E-state index in [1.807, 2.05) is 65.6 Å². The van der Waals surface area contributed by atoms with Gasteiger partial charge in [-0.15, -0.1) is 10.2 Å². The fourth-order valence-corrected chi connectivity index (χ4v) is 4.63. The quantitative estimate of drug-likeness (QED) is 0.494. The highest BCUT2D eigenvalue weighted by molar-refractivity contribution is 6.00. The van der Waals surface area contributed by atoms with Gasteiger partial charge in [-0.3, -0.25) is 9.59 Å². The first kappa shape index (κ1) is 20.8. The van der Waals surface area contributed by atoms with E-state index in [9.17, 15) is 9.59 Å². The molecule has 0 radical (unpaired) electrons. The van der Waals surface area contributed by atoms with Gasteiger partial charge in [0.05, 0.1) is 12.5 Å². The minimum atomic E-state index is -0.535. The number of aromatic amines is 1. The number of carbonyl (C=O) groups is 2. The number of fused-ring (bicyclic) bond motifs is 2. The van der Waals surface area contributed by atoms with Gasteiger partial charge in [-0.2, -0.15) is 5.21 Å². The molecule has 0 bridgehead atoms. The molecule has 2 amide bonds. The van der Waals surface area contributed by atoms with E-state index < -0.39 is 17.7 Å². The Labute approximate surface area is 190 Å². The molecule has 3 N–H and O–H groups in total. The molecule has 0 aliphatic carbocycles. The highest BCUT2D eigenvalue weighted by Gasteiger charge is 2.35. The Morgan fingerprint density at radius 2 is 2.03 bits per heavy atom. The largest absolute Gasteiger partial charge is 0.369 e. The van der Waals surface area contributed by atoms with E-state index in [1.54, 1.807) is 6.92 Å². The Morgan fingerprint density at radius 1 is 1.18 bits per heavy atom. The van der Waals surface area contributed by atoms with Crippen LogP contribution in [0.2, 0.25) is 0 Å². The van der Waals surface area contributed by atoms with Crippen LogP contribution >= 0.6 is 0 Å². The average molecular weight is 441 g/mol. The predicted octanol–water partition coefficient (Wildman–Crippen LogP) is 3.24. The molecular formula is C25H24N6O2. The summed E-state index contributed by atoms with van der Waals surface area (Å²) in [6.07, 6.45) is 1.31. The summed E-state index contributed by atoms with van der Waals surface area (Å²) < 4.78 is 0. The normalized spacial score (nSPS) is 16.9. The summed E-state index contributed by atoms with van der Waals surface area (Å²) in [5.41, 5.74) is 9.40. The molecule has 2 atom stereocenters. The number of primary amides is 1. The number of carbonyl (C=O) groups excluding carboxylic acids is 2. The summed E-state index contributed by atoms with van der Waals surface area (Å²) in [5.74, 6) is -1.00. The highest BCUT2D eigenvalue weighted by Crippen LogP contribution is 2.35. The third-order valence-electron chi connectivity index (χ3n) is 6.55. The average Bonchev–Trinajstić information content (AvgIpc) is 3.33. The molecule has 1 unspecified atom stereocenters. The molecule has 1 aromatic heterocycles. The van der Waals surface area contributed by atoms with Crippen LogP contribution in [0.4, 0.5) is 5.69 Å². The van der Waals surface area contributed by atoms with Crippen LogP contribution in [0.25, 0.3) is 22.2 Å². The van der Waals surface area contributed by atoms with E-state index in [1.165, 1.54) is 0 Å². The molecule has 2 heterocycles. The van der Waals surface area contributed by atoms with Crippen LogP contribution < -0.4 is 10.6 Å². The summed E-state index contributed by atoms with van der Waals surface area (Å²) in [6.45, 7) is 2.12. The lowest BCUT2D eigenvalue weighted by atomic mass is 9.88. The summed E-state index contributed by atoms with van der Waals surface area (Å²) in [6, 6.07) is 20.0. The molecule has 5 rings (SSSR count). The molecular weight excluding hydrogens is 416 g/mol. The van der Waals surface area contributed by atoms with Crippen molar-refractivity contribution >= 4 is 28.3 Å². The zero-order valence-electron chi connectivity index (χ0n) is 18.2. The van der Waals surface area contributed by atoms with Crippen LogP contribution in [-0.4, -0.2) is 32.4 Å². The van der Waals surface area contributed by atoms with Crippen LogP contribution in [-0.2, 0) is 22.6 Å². The van der Waals surface area contributed by atoms with Crippen LogP contribution in [0, 0.1) is 11.8 Å². The van der Waals surface area contributed by atoms with E-state index in [4.69, 9.17) is 5.73 Å². The Kier molecular flexibility index (Phi) is 5.34. The lowest BCUT2D eigenvalue weighted by Gasteiger charge is -2.28. The van der Waals surface area contributed by atoms with E-state index in [-0.39, 0.29) is 5.91 Å². The molecule has 1 aliphatic heterocycles. The van der Waals surface area contributed by atoms with Crippen LogP contribution in [0.3, 0.4) is 0 Å². The predicted molar refractivity (Wildman–Crippen MR) is 125 cm³/mol. The first-order chi connectivity index (χ1) is 16.0. The molecule has 0 fully saturated rings. The van der Waals surface area contributed by atoms with Gasteiger partial charge in [-0.1, -0.05) is 55.5 Å². The van der Waals surface area contributed by atoms with Gasteiger partial charge in [0.25, 0.3) is 0 Å². The Hall–Kier alpha value is -4.07. The van der Waals surface area contributed by atoms with Crippen LogP contribution in [0.15, 0.2) is 60.7 Å². The van der Waals surface area contributed by atoms with Gasteiger partial charge in [-0.25, -0.2) is 0 Å². The van der Waals surface area contributed by atoms with E-state index in [0.717, 1.165) is 39.6 Å². The van der Waals surface area contributed by atoms with Crippen LogP contribution in [0.5, 0.6) is 0 Å². The number of para-hydroxylation sites is 1. The first-order valence-corrected chi connectivity index (χ1v) is 11.0. The number of anilines is 1. The number of rotatable bonds is 5. The first-order valence-electron chi connectivity index (χ1n) is 11.0. The molecule has 4 aromatic rings. The van der Waals surface area contributed by atoms with E-state index in [0.29, 0.717) is 18.8 Å². The molecule has 1 aliphatic rings. The van der Waals surface area contributed by atoms with Gasteiger partial charge in [0, 0.05) is 17.2 Å². The fourth-order valence-electron chi connectivity index (χ4n) is 4.63. The zero-order valence-corrected chi connectivity index (χ0v) is 18.2. The standard InChI is InChI=1S/C25H24N6O2/c1-15(23(26)32)20-12-11-17-5-2-3-8-22(17)31(25(20)33)14-19-7-4-6-16-9-10-18(13-21(16)19)24-27-29-30-28-24/h2-10,13,15,20H,11-12,14H2,1H3,(H2,26,32)(H,27,28,29,30)/t15?,20-/m0/s1. The molecule has 33 heavy (non-hydrogen) atoms. The topological polar surface area (TPSA) is 118 Å². The van der Waals surface area contributed by atoms with Crippen LogP contribution in [0.1, 0.15) is 24.5 Å². The van der Waals surface area contributed by atoms with Gasteiger partial charge in [-0.05, 0) is 52.1 Å². The molecule has 0 saturated heterocycles. The van der Waals surface area contributed by atoms with Crippen molar-refractivity contribution in [3.63, 3.8) is 0 Å². The monoisotopic (exact) mass is 440 g/mol. The number of benzene rings is 3. The number of tetrazole rings is 1. The van der Waals surface area contributed by atoms with Crippen molar-refractivity contribution in [1.82, 2.24) is 20.6 Å². The van der Waals surface area contributed by atoms with E-state index >= 15 is 0 Å². The van der Waals surface area contributed by atoms with Crippen molar-refractivity contribution in [2.24, 2.45) is 17.6 Å². The van der Waals surface area contributed by atoms with Crippen molar-refractivity contribution < 1.29 is 9.59 Å². The number of hydrogen-bond acceptors (Lipinski definition) is 5. The highest BCUT2D eigenvalue weighted by atomic mass is 16.2. The molecule has 166 valence electrons. The maximum atomic E-state index is 13.7. The number of nitrogens with one attached hydrogen (secondary N) is 1. The maximum absolute atomic E-state index is 13.7. The Bertz CT molecular complexity index is 1330. The molecule has 8 nitrogen and oxygen atoms in total. The minimum Gasteiger partial charge on any atom is -0.369 e. The summed E-state index contributed by atoms with van der Waals surface area (Å²) in [7, 11) is 0. The second kappa shape index (κ2) is 8.46. The summed E-state index contributed by atoms with van der Waals surface area (Å²) >= 11 is 0. The number of amides is 2. The van der Waals surface area contributed by atoms with Crippen molar-refractivity contribution in [3.8, 4) is 11.4 Å². The maximum Gasteiger partial charge on any atom is 0.231 e. The summed E-state index contributed by atoms with van der Waals surface area (Å²) in [4.78, 5) is 27.5. The van der Waals surface area contributed by atoms with Crippen molar-refractivity contribution in [1.29, 1.82) is 0 Å². The fraction of sp³-hybridized carbons (Fsp3) is 0.240. The van der Waals surface area contributed by atoms with Crippen molar-refractivity contribution in [3.05, 3.63) is 71.8 Å². The van der Waals surface area contributed by atoms with E-state index in [2.05, 4.69) is 20.6 Å². The number of H-pyrrole nitrogens is 1. The number of nitrogens with two attached hydrogens (primary N) is 1. The number of aromatic nitrogens is 4. The minimum absolute atomic E-state index is 0.0717. The molecule has 0 saturated carbocycles. The number of aryl methyl sites for hydroxylation is 1. The third-order valence-corrected chi connectivity index (χ3v) is 6.55. The Morgan fingerprint density at radius 3 is 2.82 bits per heavy atom. The second-order valence-corrected chi connectivity index (χ2v) is 8.48. The van der Waals surface area contributed by atoms with Gasteiger partial charge in [0.1, 0.15) is 0 Å². The van der Waals surface area contributed by atoms with Gasteiger partial charge in [0.2, 0.25) is 17.6 Å². The lowest BCUT2D eigenvalue weighted by Crippen LogP contribution is -2.41. The van der Waals surface area contributed by atoms with Gasteiger partial charge >= 0.3 is 0 Å². The smallest absolute Gasteiger partial charge is 0.231 e. The van der Waals surface area contributed by atoms with Gasteiger partial charge < -0.3 is 10.6 Å². The van der Waals surface area contributed by atoms with Crippen molar-refractivity contribution in [2.75, 3.05) is 4.90 Å². The number of nitrogens with zero attached hydrogens (tertiary/aromatic N) is 4. The SMILES string of the molecule is CC(C(N)=O)[C@@H]1CCc2ccccc2N(Cc2cccc3ccc(-c4nn[nH]n4)cc23)C1=O. The summed E-state index contributed by atoms with van der Waals surface area (Å²) in [5, 5.41) is 16.4. The zero-order chi connectivity index (χ0) is 22.9. The number of hydrogen-bond donors (Lipinski definition) is 2. The molecule has 3 aromatic carbocycles. The Balaban J connectivity index is 1.59. The molecule has 8 heteroatoms. The van der Waals surface area contributed by atoms with Crippen molar-refractivity contribution in [2.45, 2.75) is 26.3 Å². The molecule has 0 spiro atoms. The third kappa shape index (κ3) is 3.84. The second-order valence-electron chi connectivity index (χ2n) is 8.48.